The first-order chi connectivity index (χ1) is 21.0. The Hall–Kier alpha value is -3.19. The molecule has 0 saturated heterocycles. The van der Waals surface area contributed by atoms with Gasteiger partial charge in [0.25, 0.3) is 5.91 Å². The fourth-order valence-electron chi connectivity index (χ4n) is 4.77. The van der Waals surface area contributed by atoms with Crippen LogP contribution in [0.1, 0.15) is 54.6 Å². The van der Waals surface area contributed by atoms with E-state index >= 15 is 0 Å². The molecule has 0 bridgehead atoms. The van der Waals surface area contributed by atoms with Crippen molar-refractivity contribution < 1.29 is 19.1 Å². The van der Waals surface area contributed by atoms with Gasteiger partial charge in [-0.1, -0.05) is 34.8 Å². The minimum absolute atomic E-state index is 0.106. The van der Waals surface area contributed by atoms with Crippen molar-refractivity contribution in [2.45, 2.75) is 50.0 Å². The van der Waals surface area contributed by atoms with E-state index in [1.165, 1.54) is 17.0 Å². The summed E-state index contributed by atoms with van der Waals surface area (Å²) in [7, 11) is 0. The Labute approximate surface area is 286 Å². The van der Waals surface area contributed by atoms with Crippen LogP contribution in [0.4, 0.5) is 21.9 Å². The molecule has 1 fully saturated rings. The molecule has 8 nitrogen and oxygen atoms in total. The highest BCUT2D eigenvalue weighted by Crippen LogP contribution is 2.65. The lowest BCUT2D eigenvalue weighted by Crippen LogP contribution is -2.37. The third kappa shape index (κ3) is 8.35. The van der Waals surface area contributed by atoms with Gasteiger partial charge in [-0.2, -0.15) is 5.26 Å². The van der Waals surface area contributed by atoms with Gasteiger partial charge in [-0.15, -0.1) is 23.2 Å². The number of carbonyl (C=O) groups excluding carboxylic acids is 3. The maximum Gasteiger partial charge on any atom is 0.414 e. The van der Waals surface area contributed by atoms with E-state index in [0.29, 0.717) is 38.2 Å². The molecule has 0 radical (unpaired) electrons. The molecule has 3 amide bonds. The predicted octanol–water partition coefficient (Wildman–Crippen LogP) is 9.39. The van der Waals surface area contributed by atoms with Crippen LogP contribution in [-0.4, -0.2) is 34.4 Å². The van der Waals surface area contributed by atoms with Gasteiger partial charge >= 0.3 is 6.09 Å². The molecule has 2 N–H and O–H groups in total. The van der Waals surface area contributed by atoms with E-state index in [0.717, 1.165) is 0 Å². The summed E-state index contributed by atoms with van der Waals surface area (Å²) < 4.78 is 4.13. The van der Waals surface area contributed by atoms with Crippen molar-refractivity contribution in [3.05, 3.63) is 86.4 Å². The third-order valence-corrected chi connectivity index (χ3v) is 8.60. The number of nitrogens with zero attached hydrogens (tertiary/aromatic N) is 2. The van der Waals surface area contributed by atoms with Gasteiger partial charge in [0.1, 0.15) is 9.93 Å². The van der Waals surface area contributed by atoms with Crippen LogP contribution < -0.4 is 15.5 Å². The number of hydrogen-bond acceptors (Lipinski definition) is 5. The Bertz CT molecular complexity index is 1680. The molecular weight excluding hydrogens is 682 g/mol. The van der Waals surface area contributed by atoms with Crippen LogP contribution in [0.3, 0.4) is 0 Å². The van der Waals surface area contributed by atoms with Gasteiger partial charge in [0.15, 0.2) is 0 Å². The zero-order valence-electron chi connectivity index (χ0n) is 24.7. The lowest BCUT2D eigenvalue weighted by molar-refractivity contribution is -0.117. The number of amides is 3. The zero-order valence-corrected chi connectivity index (χ0v) is 28.5. The molecule has 13 heteroatoms. The highest BCUT2D eigenvalue weighted by atomic mass is 35.5. The summed E-state index contributed by atoms with van der Waals surface area (Å²) in [6.07, 6.45) is -0.482. The summed E-state index contributed by atoms with van der Waals surface area (Å²) in [6.45, 7) is 7.16. The smallest absolute Gasteiger partial charge is 0.414 e. The molecule has 4 rings (SSSR count). The summed E-state index contributed by atoms with van der Waals surface area (Å²) in [5.74, 6) is -2.31. The molecular formula is C32H29Cl5N4O4. The fourth-order valence-corrected chi connectivity index (χ4v) is 6.34. The number of benzene rings is 3. The summed E-state index contributed by atoms with van der Waals surface area (Å²) >= 11 is 31.6. The molecule has 0 aliphatic heterocycles. The monoisotopic (exact) mass is 708 g/mol. The molecule has 2 unspecified atom stereocenters. The molecule has 1 saturated carbocycles. The van der Waals surface area contributed by atoms with E-state index in [-0.39, 0.29) is 23.6 Å². The maximum absolute atomic E-state index is 13.3. The molecule has 236 valence electrons. The Kier molecular flexibility index (Phi) is 10.5. The quantitative estimate of drug-likeness (QED) is 0.226. The summed E-state index contributed by atoms with van der Waals surface area (Å²) in [4.78, 5) is 40.7. The Balaban J connectivity index is 1.49. The number of nitrogens with one attached hydrogen (secondary N) is 2. The number of carbonyl (C=O) groups is 3. The SMILES string of the molecule is Cc1cc(N(CCC#N)C(=O)OC(C)(C)C)ccc1NC(=O)c1cc(NC(=O)C2C(c3cc(Cl)cc(Cl)c3)C2(Cl)Cl)ccc1Cl. The highest BCUT2D eigenvalue weighted by molar-refractivity contribution is 6.53. The second kappa shape index (κ2) is 13.7. The summed E-state index contributed by atoms with van der Waals surface area (Å²) in [5.41, 5.74) is 1.95. The van der Waals surface area contributed by atoms with Gasteiger partial charge in [-0.05, 0) is 93.4 Å². The number of halogens is 5. The Morgan fingerprint density at radius 2 is 1.64 bits per heavy atom. The number of nitriles is 1. The topological polar surface area (TPSA) is 112 Å². The normalized spacial score (nSPS) is 16.7. The first kappa shape index (κ1) is 34.7. The average molecular weight is 711 g/mol. The molecule has 1 aliphatic carbocycles. The van der Waals surface area contributed by atoms with Crippen molar-refractivity contribution in [1.82, 2.24) is 0 Å². The van der Waals surface area contributed by atoms with Gasteiger partial charge in [-0.25, -0.2) is 4.79 Å². The molecule has 3 aromatic rings. The van der Waals surface area contributed by atoms with Crippen LogP contribution in [0.5, 0.6) is 0 Å². The van der Waals surface area contributed by atoms with Crippen molar-refractivity contribution in [2.75, 3.05) is 22.1 Å². The molecule has 0 aromatic heterocycles. The molecule has 45 heavy (non-hydrogen) atoms. The number of aryl methyl sites for hydroxylation is 1. The zero-order chi connectivity index (χ0) is 33.3. The molecule has 0 spiro atoms. The second-order valence-electron chi connectivity index (χ2n) is 11.5. The minimum Gasteiger partial charge on any atom is -0.443 e. The van der Waals surface area contributed by atoms with Crippen LogP contribution in [0.25, 0.3) is 0 Å². The van der Waals surface area contributed by atoms with Gasteiger partial charge in [0, 0.05) is 39.6 Å². The van der Waals surface area contributed by atoms with E-state index in [4.69, 9.17) is 68.0 Å². The van der Waals surface area contributed by atoms with Gasteiger partial charge in [0.2, 0.25) is 5.91 Å². The molecule has 1 aliphatic rings. The number of hydrogen-bond donors (Lipinski definition) is 2. The highest BCUT2D eigenvalue weighted by Gasteiger charge is 2.67. The Morgan fingerprint density at radius 1 is 0.978 bits per heavy atom. The molecule has 2 atom stereocenters. The van der Waals surface area contributed by atoms with E-state index in [1.54, 1.807) is 70.2 Å². The fraction of sp³-hybridized carbons (Fsp3) is 0.312. The van der Waals surface area contributed by atoms with Gasteiger partial charge < -0.3 is 15.4 Å². The van der Waals surface area contributed by atoms with Gasteiger partial charge in [0.05, 0.1) is 29.0 Å². The second-order valence-corrected chi connectivity index (χ2v) is 14.2. The van der Waals surface area contributed by atoms with Crippen molar-refractivity contribution >= 4 is 93.0 Å². The van der Waals surface area contributed by atoms with Crippen molar-refractivity contribution in [3.63, 3.8) is 0 Å². The molecule has 0 heterocycles. The van der Waals surface area contributed by atoms with Crippen LogP contribution in [0.15, 0.2) is 54.6 Å². The number of anilines is 3. The Morgan fingerprint density at radius 3 is 2.24 bits per heavy atom. The van der Waals surface area contributed by atoms with E-state index in [9.17, 15) is 14.4 Å². The first-order valence-electron chi connectivity index (χ1n) is 13.8. The third-order valence-electron chi connectivity index (χ3n) is 6.89. The first-order valence-corrected chi connectivity index (χ1v) is 15.6. The maximum atomic E-state index is 13.3. The number of alkyl halides is 2. The van der Waals surface area contributed by atoms with E-state index in [1.807, 2.05) is 6.07 Å². The van der Waals surface area contributed by atoms with Crippen molar-refractivity contribution in [1.29, 1.82) is 5.26 Å². The van der Waals surface area contributed by atoms with Gasteiger partial charge in [-0.3, -0.25) is 14.5 Å². The summed E-state index contributed by atoms with van der Waals surface area (Å²) in [6, 6.07) is 16.4. The predicted molar refractivity (Wildman–Crippen MR) is 180 cm³/mol. The molecule has 3 aromatic carbocycles. The summed E-state index contributed by atoms with van der Waals surface area (Å²) in [5, 5.41) is 15.6. The number of rotatable bonds is 8. The van der Waals surface area contributed by atoms with E-state index < -0.39 is 39.7 Å². The van der Waals surface area contributed by atoms with Crippen molar-refractivity contribution in [3.8, 4) is 6.07 Å². The number of ether oxygens (including phenoxy) is 1. The van der Waals surface area contributed by atoms with Crippen molar-refractivity contribution in [2.24, 2.45) is 5.92 Å². The van der Waals surface area contributed by atoms with Crippen LogP contribution >= 0.6 is 58.0 Å². The van der Waals surface area contributed by atoms with Crippen LogP contribution in [-0.2, 0) is 9.53 Å². The van der Waals surface area contributed by atoms with Crippen LogP contribution in [0, 0.1) is 24.2 Å². The standard InChI is InChI=1S/C32H29Cl5N4O4/c1-17-12-22(41(11-5-10-38)30(44)45-31(2,3)4)7-9-25(17)40-28(42)23-16-21(6-8-24(23)35)39-29(43)27-26(32(27,36)37)18-13-19(33)15-20(34)14-18/h6-9,12-16,26-27H,5,11H2,1-4H3,(H,39,43)(H,40,42). The lowest BCUT2D eigenvalue weighted by Gasteiger charge is -2.27. The minimum atomic E-state index is -1.37. The van der Waals surface area contributed by atoms with Crippen LogP contribution in [0.2, 0.25) is 15.1 Å². The lowest BCUT2D eigenvalue weighted by atomic mass is 10.1. The van der Waals surface area contributed by atoms with E-state index in [2.05, 4.69) is 10.6 Å². The largest absolute Gasteiger partial charge is 0.443 e. The average Bonchev–Trinajstić information content (AvgIpc) is 3.51.